The van der Waals surface area contributed by atoms with Crippen LogP contribution in [0.25, 0.3) is 0 Å². The van der Waals surface area contributed by atoms with Crippen molar-refractivity contribution in [3.05, 3.63) is 29.8 Å². The second-order valence-corrected chi connectivity index (χ2v) is 3.59. The van der Waals surface area contributed by atoms with Gasteiger partial charge < -0.3 is 15.2 Å². The lowest BCUT2D eigenvalue weighted by Gasteiger charge is -2.12. The Hall–Kier alpha value is -1.06. The van der Waals surface area contributed by atoms with Crippen LogP contribution in [0, 0.1) is 6.92 Å². The molecule has 1 aromatic rings. The first-order valence-corrected chi connectivity index (χ1v) is 5.30. The molecule has 1 atom stereocenters. The van der Waals surface area contributed by atoms with E-state index in [4.69, 9.17) is 4.74 Å². The average Bonchev–Trinajstić information content (AvgIpc) is 2.25. The lowest BCUT2D eigenvalue weighted by molar-refractivity contribution is 0.107. The van der Waals surface area contributed by atoms with Crippen molar-refractivity contribution in [1.29, 1.82) is 0 Å². The van der Waals surface area contributed by atoms with E-state index in [-0.39, 0.29) is 0 Å². The molecule has 0 aromatic heterocycles. The predicted octanol–water partition coefficient (Wildman–Crippen LogP) is 1.34. The quantitative estimate of drug-likeness (QED) is 0.743. The fourth-order valence-electron chi connectivity index (χ4n) is 1.20. The molecule has 0 aliphatic heterocycles. The van der Waals surface area contributed by atoms with Gasteiger partial charge in [-0.3, -0.25) is 0 Å². The Morgan fingerprint density at radius 2 is 2.00 bits per heavy atom. The van der Waals surface area contributed by atoms with Gasteiger partial charge in [0, 0.05) is 6.54 Å². The Labute approximate surface area is 91.1 Å². The molecule has 0 fully saturated rings. The van der Waals surface area contributed by atoms with Crippen molar-refractivity contribution in [2.45, 2.75) is 20.0 Å². The lowest BCUT2D eigenvalue weighted by Crippen LogP contribution is -2.31. The zero-order valence-corrected chi connectivity index (χ0v) is 9.36. The van der Waals surface area contributed by atoms with Crippen LogP contribution < -0.4 is 10.1 Å². The smallest absolute Gasteiger partial charge is 0.119 e. The number of aliphatic hydroxyl groups excluding tert-OH is 1. The largest absolute Gasteiger partial charge is 0.491 e. The molecule has 1 aromatic carbocycles. The maximum absolute atomic E-state index is 9.51. The number of hydrogen-bond acceptors (Lipinski definition) is 3. The first-order chi connectivity index (χ1) is 7.22. The van der Waals surface area contributed by atoms with Gasteiger partial charge in [0.25, 0.3) is 0 Å². The molecular formula is C12H19NO2. The van der Waals surface area contributed by atoms with Crippen molar-refractivity contribution in [3.8, 4) is 5.75 Å². The van der Waals surface area contributed by atoms with Gasteiger partial charge in [-0.1, -0.05) is 24.6 Å². The molecule has 2 N–H and O–H groups in total. The highest BCUT2D eigenvalue weighted by molar-refractivity contribution is 5.26. The van der Waals surface area contributed by atoms with Crippen LogP contribution in [0.5, 0.6) is 5.75 Å². The Morgan fingerprint density at radius 3 is 2.60 bits per heavy atom. The lowest BCUT2D eigenvalue weighted by atomic mass is 10.2. The van der Waals surface area contributed by atoms with Crippen LogP contribution in [0.15, 0.2) is 24.3 Å². The number of aliphatic hydroxyl groups is 1. The molecule has 0 heterocycles. The first-order valence-electron chi connectivity index (χ1n) is 5.30. The van der Waals surface area contributed by atoms with Crippen LogP contribution in [0.2, 0.25) is 0 Å². The summed E-state index contributed by atoms with van der Waals surface area (Å²) in [6.07, 6.45) is -0.453. The van der Waals surface area contributed by atoms with Crippen LogP contribution >= 0.6 is 0 Å². The first kappa shape index (κ1) is 12.0. The van der Waals surface area contributed by atoms with Crippen LogP contribution in [0.3, 0.4) is 0 Å². The van der Waals surface area contributed by atoms with E-state index in [1.54, 1.807) is 0 Å². The second kappa shape index (κ2) is 6.43. The minimum absolute atomic E-state index is 0.329. The van der Waals surface area contributed by atoms with Gasteiger partial charge >= 0.3 is 0 Å². The van der Waals surface area contributed by atoms with Gasteiger partial charge in [0.1, 0.15) is 18.5 Å². The molecule has 0 radical (unpaired) electrons. The molecule has 0 aliphatic rings. The standard InChI is InChI=1S/C12H19NO2/c1-3-13-8-11(14)9-15-12-6-4-10(2)5-7-12/h4-7,11,13-14H,3,8-9H2,1-2H3. The van der Waals surface area contributed by atoms with Gasteiger partial charge in [0.15, 0.2) is 0 Å². The molecular weight excluding hydrogens is 190 g/mol. The second-order valence-electron chi connectivity index (χ2n) is 3.59. The maximum Gasteiger partial charge on any atom is 0.119 e. The number of hydrogen-bond donors (Lipinski definition) is 2. The van der Waals surface area contributed by atoms with Crippen LogP contribution in [0.4, 0.5) is 0 Å². The zero-order chi connectivity index (χ0) is 11.1. The van der Waals surface area contributed by atoms with Crippen molar-refractivity contribution in [1.82, 2.24) is 5.32 Å². The fourth-order valence-corrected chi connectivity index (χ4v) is 1.20. The van der Waals surface area contributed by atoms with Crippen LogP contribution in [-0.4, -0.2) is 30.9 Å². The molecule has 84 valence electrons. The van der Waals surface area contributed by atoms with Gasteiger partial charge in [-0.05, 0) is 25.6 Å². The molecule has 3 heteroatoms. The molecule has 1 unspecified atom stereocenters. The van der Waals surface area contributed by atoms with Crippen molar-refractivity contribution < 1.29 is 9.84 Å². The Kier molecular flexibility index (Phi) is 5.15. The third-order valence-electron chi connectivity index (χ3n) is 2.09. The molecule has 0 saturated carbocycles. The number of benzene rings is 1. The molecule has 0 aliphatic carbocycles. The molecule has 0 spiro atoms. The van der Waals surface area contributed by atoms with E-state index in [2.05, 4.69) is 5.32 Å². The molecule has 1 rings (SSSR count). The maximum atomic E-state index is 9.51. The molecule has 0 saturated heterocycles. The summed E-state index contributed by atoms with van der Waals surface area (Å²) in [7, 11) is 0. The summed E-state index contributed by atoms with van der Waals surface area (Å²) in [4.78, 5) is 0. The van der Waals surface area contributed by atoms with E-state index >= 15 is 0 Å². The van der Waals surface area contributed by atoms with E-state index in [1.807, 2.05) is 38.1 Å². The normalized spacial score (nSPS) is 12.5. The van der Waals surface area contributed by atoms with Crippen LogP contribution in [-0.2, 0) is 0 Å². The summed E-state index contributed by atoms with van der Waals surface area (Å²) < 4.78 is 5.43. The summed E-state index contributed by atoms with van der Waals surface area (Å²) in [6, 6.07) is 7.81. The average molecular weight is 209 g/mol. The Morgan fingerprint density at radius 1 is 1.33 bits per heavy atom. The van der Waals surface area contributed by atoms with Crippen molar-refractivity contribution in [2.24, 2.45) is 0 Å². The third-order valence-corrected chi connectivity index (χ3v) is 2.09. The number of aryl methyl sites for hydroxylation is 1. The monoisotopic (exact) mass is 209 g/mol. The highest BCUT2D eigenvalue weighted by Crippen LogP contribution is 2.11. The van der Waals surface area contributed by atoms with Crippen molar-refractivity contribution in [3.63, 3.8) is 0 Å². The fraction of sp³-hybridized carbons (Fsp3) is 0.500. The summed E-state index contributed by atoms with van der Waals surface area (Å²) >= 11 is 0. The van der Waals surface area contributed by atoms with Gasteiger partial charge in [-0.15, -0.1) is 0 Å². The molecule has 3 nitrogen and oxygen atoms in total. The number of ether oxygens (including phenoxy) is 1. The van der Waals surface area contributed by atoms with Crippen molar-refractivity contribution >= 4 is 0 Å². The zero-order valence-electron chi connectivity index (χ0n) is 9.36. The van der Waals surface area contributed by atoms with Crippen LogP contribution in [0.1, 0.15) is 12.5 Å². The van der Waals surface area contributed by atoms with E-state index < -0.39 is 6.10 Å². The van der Waals surface area contributed by atoms with Gasteiger partial charge in [0.05, 0.1) is 0 Å². The summed E-state index contributed by atoms with van der Waals surface area (Å²) in [5.74, 6) is 0.802. The number of rotatable bonds is 6. The van der Waals surface area contributed by atoms with Crippen molar-refractivity contribution in [2.75, 3.05) is 19.7 Å². The topological polar surface area (TPSA) is 41.5 Å². The number of nitrogens with one attached hydrogen (secondary N) is 1. The minimum atomic E-state index is -0.453. The Balaban J connectivity index is 2.27. The highest BCUT2D eigenvalue weighted by Gasteiger charge is 2.03. The van der Waals surface area contributed by atoms with Gasteiger partial charge in [-0.25, -0.2) is 0 Å². The SMILES string of the molecule is CCNCC(O)COc1ccc(C)cc1. The van der Waals surface area contributed by atoms with Gasteiger partial charge in [0.2, 0.25) is 0 Å². The highest BCUT2D eigenvalue weighted by atomic mass is 16.5. The minimum Gasteiger partial charge on any atom is -0.491 e. The Bertz CT molecular complexity index is 271. The number of likely N-dealkylation sites (N-methyl/N-ethyl adjacent to an activating group) is 1. The summed E-state index contributed by atoms with van der Waals surface area (Å²) in [5.41, 5.74) is 1.20. The summed E-state index contributed by atoms with van der Waals surface area (Å²) in [5, 5.41) is 12.6. The molecule has 15 heavy (non-hydrogen) atoms. The molecule has 0 bridgehead atoms. The predicted molar refractivity (Wildman–Crippen MR) is 61.2 cm³/mol. The summed E-state index contributed by atoms with van der Waals surface area (Å²) in [6.45, 7) is 5.80. The molecule has 0 amide bonds. The van der Waals surface area contributed by atoms with E-state index in [0.717, 1.165) is 12.3 Å². The van der Waals surface area contributed by atoms with E-state index in [0.29, 0.717) is 13.2 Å². The van der Waals surface area contributed by atoms with E-state index in [9.17, 15) is 5.11 Å². The third kappa shape index (κ3) is 4.81. The van der Waals surface area contributed by atoms with E-state index in [1.165, 1.54) is 5.56 Å². The van der Waals surface area contributed by atoms with Gasteiger partial charge in [-0.2, -0.15) is 0 Å².